The number of amides is 1. The van der Waals surface area contributed by atoms with Crippen LogP contribution < -0.4 is 5.43 Å². The zero-order valence-electron chi connectivity index (χ0n) is 18.5. The number of hydrazone groups is 1. The number of halogens is 1. The van der Waals surface area contributed by atoms with Gasteiger partial charge in [-0.3, -0.25) is 4.79 Å². The molecule has 33 heavy (non-hydrogen) atoms. The van der Waals surface area contributed by atoms with Crippen LogP contribution in [0.3, 0.4) is 0 Å². The Hall–Kier alpha value is -3.28. The van der Waals surface area contributed by atoms with E-state index in [9.17, 15) is 4.79 Å². The van der Waals surface area contributed by atoms with Crippen LogP contribution in [0, 0.1) is 13.8 Å². The SMILES string of the molecule is Cc1cc(/C=N\NC(=O)c2ccc(CSc3ccccc3)cc2)c(C)n1-c1cccc(Cl)c1. The summed E-state index contributed by atoms with van der Waals surface area (Å²) in [6.45, 7) is 4.05. The zero-order valence-corrected chi connectivity index (χ0v) is 20.0. The predicted molar refractivity (Wildman–Crippen MR) is 138 cm³/mol. The minimum absolute atomic E-state index is 0.239. The monoisotopic (exact) mass is 473 g/mol. The largest absolute Gasteiger partial charge is 0.318 e. The summed E-state index contributed by atoms with van der Waals surface area (Å²) in [6, 6.07) is 27.6. The molecule has 3 aromatic carbocycles. The molecule has 0 atom stereocenters. The Bertz CT molecular complexity index is 1280. The topological polar surface area (TPSA) is 46.4 Å². The Kier molecular flexibility index (Phi) is 7.33. The highest BCUT2D eigenvalue weighted by Crippen LogP contribution is 2.23. The molecule has 0 bridgehead atoms. The van der Waals surface area contributed by atoms with E-state index in [0.29, 0.717) is 10.6 Å². The summed E-state index contributed by atoms with van der Waals surface area (Å²) in [5.74, 6) is 0.615. The number of benzene rings is 3. The molecule has 0 spiro atoms. The van der Waals surface area contributed by atoms with Gasteiger partial charge in [-0.1, -0.05) is 48.0 Å². The minimum Gasteiger partial charge on any atom is -0.318 e. The molecule has 0 aliphatic heterocycles. The first-order valence-corrected chi connectivity index (χ1v) is 11.9. The summed E-state index contributed by atoms with van der Waals surface area (Å²) in [6.07, 6.45) is 1.67. The molecule has 1 aromatic heterocycles. The fourth-order valence-electron chi connectivity index (χ4n) is 3.59. The van der Waals surface area contributed by atoms with Gasteiger partial charge in [0.1, 0.15) is 0 Å². The summed E-state index contributed by atoms with van der Waals surface area (Å²) in [7, 11) is 0. The van der Waals surface area contributed by atoms with Crippen molar-refractivity contribution in [3.05, 3.63) is 118 Å². The van der Waals surface area contributed by atoms with Crippen molar-refractivity contribution in [1.82, 2.24) is 9.99 Å². The fourth-order valence-corrected chi connectivity index (χ4v) is 4.65. The third-order valence-corrected chi connectivity index (χ3v) is 6.59. The molecule has 4 nitrogen and oxygen atoms in total. The Morgan fingerprint density at radius 2 is 1.76 bits per heavy atom. The molecule has 1 heterocycles. The van der Waals surface area contributed by atoms with E-state index in [1.165, 1.54) is 4.90 Å². The van der Waals surface area contributed by atoms with Gasteiger partial charge < -0.3 is 4.57 Å². The average molecular weight is 474 g/mol. The van der Waals surface area contributed by atoms with Gasteiger partial charge in [-0.15, -0.1) is 11.8 Å². The van der Waals surface area contributed by atoms with Gasteiger partial charge in [0.05, 0.1) is 6.21 Å². The Labute approximate surface area is 203 Å². The van der Waals surface area contributed by atoms with Gasteiger partial charge in [-0.2, -0.15) is 5.10 Å². The Morgan fingerprint density at radius 3 is 2.48 bits per heavy atom. The van der Waals surface area contributed by atoms with Gasteiger partial charge >= 0.3 is 0 Å². The van der Waals surface area contributed by atoms with Crippen molar-refractivity contribution in [3.63, 3.8) is 0 Å². The van der Waals surface area contributed by atoms with E-state index in [2.05, 4.69) is 27.2 Å². The van der Waals surface area contributed by atoms with Crippen molar-refractivity contribution < 1.29 is 4.79 Å². The number of aryl methyl sites for hydroxylation is 1. The first-order chi connectivity index (χ1) is 16.0. The maximum Gasteiger partial charge on any atom is 0.271 e. The number of nitrogens with one attached hydrogen (secondary N) is 1. The molecule has 1 amide bonds. The molecule has 0 aliphatic rings. The third-order valence-electron chi connectivity index (χ3n) is 5.27. The summed E-state index contributed by atoms with van der Waals surface area (Å²) >= 11 is 7.92. The summed E-state index contributed by atoms with van der Waals surface area (Å²) < 4.78 is 2.11. The number of aromatic nitrogens is 1. The number of hydrogen-bond acceptors (Lipinski definition) is 3. The maximum atomic E-state index is 12.5. The third kappa shape index (κ3) is 5.75. The number of nitrogens with zero attached hydrogens (tertiary/aromatic N) is 2. The van der Waals surface area contributed by atoms with E-state index in [-0.39, 0.29) is 5.91 Å². The molecule has 1 N–H and O–H groups in total. The van der Waals surface area contributed by atoms with Crippen LogP contribution >= 0.6 is 23.4 Å². The first kappa shape index (κ1) is 22.9. The average Bonchev–Trinajstić information content (AvgIpc) is 3.11. The second kappa shape index (κ2) is 10.6. The molecule has 166 valence electrons. The number of thioether (sulfide) groups is 1. The van der Waals surface area contributed by atoms with Crippen LogP contribution in [0.25, 0.3) is 5.69 Å². The van der Waals surface area contributed by atoms with Crippen molar-refractivity contribution in [2.24, 2.45) is 5.10 Å². The Morgan fingerprint density at radius 1 is 1.00 bits per heavy atom. The highest BCUT2D eigenvalue weighted by Gasteiger charge is 2.10. The van der Waals surface area contributed by atoms with Gasteiger partial charge in [0.15, 0.2) is 0 Å². The lowest BCUT2D eigenvalue weighted by atomic mass is 10.1. The first-order valence-electron chi connectivity index (χ1n) is 10.6. The number of carbonyl (C=O) groups is 1. The van der Waals surface area contributed by atoms with Crippen LogP contribution in [0.1, 0.15) is 32.9 Å². The van der Waals surface area contributed by atoms with E-state index in [0.717, 1.165) is 34.0 Å². The molecular formula is C27H24ClN3OS. The van der Waals surface area contributed by atoms with E-state index >= 15 is 0 Å². The highest BCUT2D eigenvalue weighted by atomic mass is 35.5. The van der Waals surface area contributed by atoms with Crippen molar-refractivity contribution in [2.75, 3.05) is 0 Å². The van der Waals surface area contributed by atoms with Crippen molar-refractivity contribution in [3.8, 4) is 5.69 Å². The smallest absolute Gasteiger partial charge is 0.271 e. The number of hydrogen-bond donors (Lipinski definition) is 1. The van der Waals surface area contributed by atoms with Crippen LogP contribution in [0.2, 0.25) is 5.02 Å². The summed E-state index contributed by atoms with van der Waals surface area (Å²) in [4.78, 5) is 13.7. The van der Waals surface area contributed by atoms with Crippen molar-refractivity contribution in [2.45, 2.75) is 24.5 Å². The summed E-state index contributed by atoms with van der Waals surface area (Å²) in [5.41, 5.74) is 8.37. The second-order valence-corrected chi connectivity index (χ2v) is 9.12. The second-order valence-electron chi connectivity index (χ2n) is 7.64. The molecule has 4 aromatic rings. The zero-order chi connectivity index (χ0) is 23.2. The maximum absolute atomic E-state index is 12.5. The molecular weight excluding hydrogens is 450 g/mol. The lowest BCUT2D eigenvalue weighted by molar-refractivity contribution is 0.0955. The van der Waals surface area contributed by atoms with Gasteiger partial charge in [0.25, 0.3) is 5.91 Å². The highest BCUT2D eigenvalue weighted by molar-refractivity contribution is 7.98. The molecule has 4 rings (SSSR count). The molecule has 0 saturated carbocycles. The standard InChI is InChI=1S/C27H24ClN3OS/c1-19-15-23(20(2)31(19)25-8-6-7-24(28)16-25)17-29-30-27(32)22-13-11-21(12-14-22)18-33-26-9-4-3-5-10-26/h3-17H,18H2,1-2H3,(H,30,32)/b29-17-. The normalized spacial score (nSPS) is 11.1. The quantitative estimate of drug-likeness (QED) is 0.182. The van der Waals surface area contributed by atoms with Crippen LogP contribution in [-0.2, 0) is 5.75 Å². The molecule has 0 fully saturated rings. The number of rotatable bonds is 7. The van der Waals surface area contributed by atoms with Crippen molar-refractivity contribution in [1.29, 1.82) is 0 Å². The number of carbonyl (C=O) groups excluding carboxylic acids is 1. The van der Waals surface area contributed by atoms with Gasteiger partial charge in [0.2, 0.25) is 0 Å². The van der Waals surface area contributed by atoms with Crippen LogP contribution in [0.5, 0.6) is 0 Å². The molecule has 0 aliphatic carbocycles. The molecule has 0 radical (unpaired) electrons. The fraction of sp³-hybridized carbons (Fsp3) is 0.111. The Balaban J connectivity index is 1.38. The minimum atomic E-state index is -0.239. The van der Waals surface area contributed by atoms with Crippen LogP contribution in [-0.4, -0.2) is 16.7 Å². The van der Waals surface area contributed by atoms with E-state index in [1.807, 2.05) is 86.6 Å². The molecule has 0 unspecified atom stereocenters. The van der Waals surface area contributed by atoms with Crippen LogP contribution in [0.15, 0.2) is 94.9 Å². The van der Waals surface area contributed by atoms with Gasteiger partial charge in [-0.25, -0.2) is 5.43 Å². The van der Waals surface area contributed by atoms with Crippen molar-refractivity contribution >= 4 is 35.5 Å². The van der Waals surface area contributed by atoms with Gasteiger partial charge in [0, 0.05) is 43.9 Å². The van der Waals surface area contributed by atoms with E-state index in [4.69, 9.17) is 11.6 Å². The summed E-state index contributed by atoms with van der Waals surface area (Å²) in [5, 5.41) is 4.86. The van der Waals surface area contributed by atoms with E-state index < -0.39 is 0 Å². The lowest BCUT2D eigenvalue weighted by Gasteiger charge is -2.09. The lowest BCUT2D eigenvalue weighted by Crippen LogP contribution is -2.17. The molecule has 6 heteroatoms. The van der Waals surface area contributed by atoms with Gasteiger partial charge in [-0.05, 0) is 67.9 Å². The van der Waals surface area contributed by atoms with E-state index in [1.54, 1.807) is 18.0 Å². The molecule has 0 saturated heterocycles. The predicted octanol–water partition coefficient (Wildman–Crippen LogP) is 6.80. The van der Waals surface area contributed by atoms with Crippen LogP contribution in [0.4, 0.5) is 0 Å².